The highest BCUT2D eigenvalue weighted by Gasteiger charge is 2.18. The Morgan fingerprint density at radius 2 is 1.77 bits per heavy atom. The SMILES string of the molecule is N=C(N)c1ccc(N2CCN(Cc3ccccc3)CC2)nc1. The van der Waals surface area contributed by atoms with Crippen molar-refractivity contribution in [3.63, 3.8) is 0 Å². The van der Waals surface area contributed by atoms with E-state index < -0.39 is 0 Å². The Morgan fingerprint density at radius 3 is 2.36 bits per heavy atom. The summed E-state index contributed by atoms with van der Waals surface area (Å²) in [5, 5.41) is 7.40. The van der Waals surface area contributed by atoms with Gasteiger partial charge in [0.15, 0.2) is 0 Å². The molecule has 1 aliphatic heterocycles. The molecule has 0 unspecified atom stereocenters. The Kier molecular flexibility index (Phi) is 4.34. The topological polar surface area (TPSA) is 69.2 Å². The molecule has 5 nitrogen and oxygen atoms in total. The van der Waals surface area contributed by atoms with Crippen molar-refractivity contribution in [1.82, 2.24) is 9.88 Å². The van der Waals surface area contributed by atoms with Gasteiger partial charge in [0.25, 0.3) is 0 Å². The number of hydrogen-bond donors (Lipinski definition) is 2. The van der Waals surface area contributed by atoms with Crippen molar-refractivity contribution in [1.29, 1.82) is 5.41 Å². The summed E-state index contributed by atoms with van der Waals surface area (Å²) in [6, 6.07) is 14.4. The number of hydrogen-bond acceptors (Lipinski definition) is 4. The number of piperazine rings is 1. The third kappa shape index (κ3) is 3.43. The van der Waals surface area contributed by atoms with Crippen molar-refractivity contribution in [3.05, 3.63) is 59.8 Å². The van der Waals surface area contributed by atoms with Crippen LogP contribution in [-0.4, -0.2) is 41.9 Å². The van der Waals surface area contributed by atoms with Gasteiger partial charge in [-0.15, -0.1) is 0 Å². The van der Waals surface area contributed by atoms with E-state index in [0.717, 1.165) is 38.5 Å². The predicted molar refractivity (Wildman–Crippen MR) is 89.2 cm³/mol. The zero-order valence-electron chi connectivity index (χ0n) is 12.6. The highest BCUT2D eigenvalue weighted by molar-refractivity contribution is 5.94. The lowest BCUT2D eigenvalue weighted by Crippen LogP contribution is -2.46. The fourth-order valence-corrected chi connectivity index (χ4v) is 2.71. The van der Waals surface area contributed by atoms with Crippen LogP contribution in [0.5, 0.6) is 0 Å². The number of nitrogens with two attached hydrogens (primary N) is 1. The van der Waals surface area contributed by atoms with E-state index in [-0.39, 0.29) is 5.84 Å². The molecule has 0 atom stereocenters. The smallest absolute Gasteiger partial charge is 0.128 e. The summed E-state index contributed by atoms with van der Waals surface area (Å²) in [5.74, 6) is 1.02. The molecule has 0 spiro atoms. The molecule has 0 aliphatic carbocycles. The number of anilines is 1. The molecule has 0 saturated carbocycles. The third-order valence-electron chi connectivity index (χ3n) is 4.00. The molecule has 1 fully saturated rings. The molecular weight excluding hydrogens is 274 g/mol. The van der Waals surface area contributed by atoms with E-state index in [4.69, 9.17) is 11.1 Å². The Bertz CT molecular complexity index is 615. The van der Waals surface area contributed by atoms with Gasteiger partial charge in [0.05, 0.1) is 0 Å². The summed E-state index contributed by atoms with van der Waals surface area (Å²) >= 11 is 0. The average molecular weight is 295 g/mol. The van der Waals surface area contributed by atoms with Crippen LogP contribution in [0.4, 0.5) is 5.82 Å². The van der Waals surface area contributed by atoms with E-state index in [1.165, 1.54) is 5.56 Å². The average Bonchev–Trinajstić information content (AvgIpc) is 2.57. The fraction of sp³-hybridized carbons (Fsp3) is 0.294. The van der Waals surface area contributed by atoms with Crippen molar-refractivity contribution >= 4 is 11.7 Å². The molecule has 1 aromatic heterocycles. The Morgan fingerprint density at radius 1 is 1.05 bits per heavy atom. The maximum absolute atomic E-state index is 7.40. The molecule has 1 saturated heterocycles. The maximum Gasteiger partial charge on any atom is 0.128 e. The minimum Gasteiger partial charge on any atom is -0.384 e. The number of rotatable bonds is 4. The van der Waals surface area contributed by atoms with Crippen molar-refractivity contribution in [2.24, 2.45) is 5.73 Å². The molecule has 22 heavy (non-hydrogen) atoms. The Balaban J connectivity index is 1.56. The van der Waals surface area contributed by atoms with Crippen LogP contribution in [0.25, 0.3) is 0 Å². The molecular formula is C17H21N5. The molecule has 3 N–H and O–H groups in total. The number of nitrogens with zero attached hydrogens (tertiary/aromatic N) is 3. The van der Waals surface area contributed by atoms with E-state index >= 15 is 0 Å². The van der Waals surface area contributed by atoms with E-state index in [2.05, 4.69) is 45.1 Å². The lowest BCUT2D eigenvalue weighted by atomic mass is 10.2. The number of pyridine rings is 1. The van der Waals surface area contributed by atoms with Gasteiger partial charge in [-0.05, 0) is 17.7 Å². The first-order valence-electron chi connectivity index (χ1n) is 7.54. The van der Waals surface area contributed by atoms with E-state index in [0.29, 0.717) is 5.56 Å². The van der Waals surface area contributed by atoms with Crippen LogP contribution in [0.2, 0.25) is 0 Å². The molecule has 0 amide bonds. The molecule has 0 radical (unpaired) electrons. The molecule has 1 aliphatic rings. The monoisotopic (exact) mass is 295 g/mol. The normalized spacial score (nSPS) is 15.7. The van der Waals surface area contributed by atoms with E-state index in [1.807, 2.05) is 12.1 Å². The summed E-state index contributed by atoms with van der Waals surface area (Å²) in [7, 11) is 0. The Hall–Kier alpha value is -2.40. The summed E-state index contributed by atoms with van der Waals surface area (Å²) in [4.78, 5) is 9.17. The van der Waals surface area contributed by atoms with Crippen LogP contribution < -0.4 is 10.6 Å². The summed E-state index contributed by atoms with van der Waals surface area (Å²) in [6.45, 7) is 5.01. The predicted octanol–water partition coefficient (Wildman–Crippen LogP) is 1.69. The quantitative estimate of drug-likeness (QED) is 0.665. The first kappa shape index (κ1) is 14.5. The second kappa shape index (κ2) is 6.58. The summed E-state index contributed by atoms with van der Waals surface area (Å²) in [5.41, 5.74) is 7.49. The van der Waals surface area contributed by atoms with Crippen molar-refractivity contribution < 1.29 is 0 Å². The minimum absolute atomic E-state index is 0.0618. The highest BCUT2D eigenvalue weighted by Crippen LogP contribution is 2.15. The van der Waals surface area contributed by atoms with Crippen LogP contribution in [-0.2, 0) is 6.54 Å². The van der Waals surface area contributed by atoms with Gasteiger partial charge in [0.1, 0.15) is 11.7 Å². The molecule has 114 valence electrons. The first-order chi connectivity index (χ1) is 10.7. The highest BCUT2D eigenvalue weighted by atomic mass is 15.3. The number of nitrogens with one attached hydrogen (secondary N) is 1. The van der Waals surface area contributed by atoms with Gasteiger partial charge in [0.2, 0.25) is 0 Å². The lowest BCUT2D eigenvalue weighted by Gasteiger charge is -2.35. The first-order valence-corrected chi connectivity index (χ1v) is 7.54. The van der Waals surface area contributed by atoms with Gasteiger partial charge < -0.3 is 10.6 Å². The van der Waals surface area contributed by atoms with Crippen LogP contribution in [0.15, 0.2) is 48.7 Å². The van der Waals surface area contributed by atoms with Gasteiger partial charge >= 0.3 is 0 Å². The van der Waals surface area contributed by atoms with Gasteiger partial charge in [-0.2, -0.15) is 0 Å². The van der Waals surface area contributed by atoms with Crippen LogP contribution >= 0.6 is 0 Å². The van der Waals surface area contributed by atoms with Crippen molar-refractivity contribution in [2.75, 3.05) is 31.1 Å². The zero-order valence-corrected chi connectivity index (χ0v) is 12.6. The number of aromatic nitrogens is 1. The molecule has 2 aromatic rings. The lowest BCUT2D eigenvalue weighted by molar-refractivity contribution is 0.249. The van der Waals surface area contributed by atoms with Gasteiger partial charge in [-0.1, -0.05) is 30.3 Å². The van der Waals surface area contributed by atoms with Crippen LogP contribution in [0, 0.1) is 5.41 Å². The van der Waals surface area contributed by atoms with E-state index in [1.54, 1.807) is 6.20 Å². The van der Waals surface area contributed by atoms with Crippen LogP contribution in [0.1, 0.15) is 11.1 Å². The molecule has 0 bridgehead atoms. The number of nitrogen functional groups attached to an aromatic ring is 1. The molecule has 1 aromatic carbocycles. The van der Waals surface area contributed by atoms with Gasteiger partial charge in [-0.25, -0.2) is 4.98 Å². The number of benzene rings is 1. The van der Waals surface area contributed by atoms with Crippen molar-refractivity contribution in [3.8, 4) is 0 Å². The second-order valence-electron chi connectivity index (χ2n) is 5.57. The number of amidine groups is 1. The summed E-state index contributed by atoms with van der Waals surface area (Å²) in [6.07, 6.45) is 1.67. The summed E-state index contributed by atoms with van der Waals surface area (Å²) < 4.78 is 0. The fourth-order valence-electron chi connectivity index (χ4n) is 2.71. The van der Waals surface area contributed by atoms with Gasteiger partial charge in [0, 0.05) is 44.5 Å². The molecule has 5 heteroatoms. The zero-order chi connectivity index (χ0) is 15.4. The Labute approximate surface area is 130 Å². The van der Waals surface area contributed by atoms with Crippen molar-refractivity contribution in [2.45, 2.75) is 6.54 Å². The molecule has 3 rings (SSSR count). The van der Waals surface area contributed by atoms with Crippen LogP contribution in [0.3, 0.4) is 0 Å². The molecule has 2 heterocycles. The third-order valence-corrected chi connectivity index (χ3v) is 4.00. The van der Waals surface area contributed by atoms with Gasteiger partial charge in [-0.3, -0.25) is 10.3 Å². The standard InChI is InChI=1S/C17H21N5/c18-17(19)15-6-7-16(20-12-15)22-10-8-21(9-11-22)13-14-4-2-1-3-5-14/h1-7,12H,8-11,13H2,(H3,18,19). The second-order valence-corrected chi connectivity index (χ2v) is 5.57. The maximum atomic E-state index is 7.40. The van der Waals surface area contributed by atoms with E-state index in [9.17, 15) is 0 Å². The largest absolute Gasteiger partial charge is 0.384 e. The minimum atomic E-state index is 0.0618.